The summed E-state index contributed by atoms with van der Waals surface area (Å²) in [6, 6.07) is 7.27. The Balaban J connectivity index is 1.44. The summed E-state index contributed by atoms with van der Waals surface area (Å²) in [7, 11) is 0. The average Bonchev–Trinajstić information content (AvgIpc) is 3.38. The molecule has 0 aliphatic carbocycles. The maximum atomic E-state index is 12.3. The number of aromatic nitrogens is 4. The Kier molecular flexibility index (Phi) is 3.85. The van der Waals surface area contributed by atoms with E-state index in [0.717, 1.165) is 17.7 Å². The summed E-state index contributed by atoms with van der Waals surface area (Å²) in [5.41, 5.74) is 2.87. The van der Waals surface area contributed by atoms with Crippen molar-refractivity contribution in [2.75, 3.05) is 6.79 Å². The van der Waals surface area contributed by atoms with Crippen LogP contribution < -0.4 is 14.8 Å². The topological polar surface area (TPSA) is 94.1 Å². The molecule has 1 aromatic carbocycles. The third-order valence-electron chi connectivity index (χ3n) is 3.95. The first-order valence-corrected chi connectivity index (χ1v) is 7.98. The Hall–Kier alpha value is -3.29. The zero-order valence-corrected chi connectivity index (χ0v) is 13.7. The molecular formula is C17H17N5O3. The summed E-state index contributed by atoms with van der Waals surface area (Å²) >= 11 is 0. The molecule has 25 heavy (non-hydrogen) atoms. The lowest BCUT2D eigenvalue weighted by atomic mass is 10.1. The van der Waals surface area contributed by atoms with Gasteiger partial charge >= 0.3 is 0 Å². The number of hydrogen-bond acceptors (Lipinski definition) is 5. The fourth-order valence-electron chi connectivity index (χ4n) is 2.59. The van der Waals surface area contributed by atoms with Crippen LogP contribution in [0.25, 0.3) is 11.3 Å². The highest BCUT2D eigenvalue weighted by molar-refractivity contribution is 5.93. The third-order valence-corrected chi connectivity index (χ3v) is 3.95. The SMILES string of the molecule is CCn1cc(CNC(=O)c2cc(-c3ccc4c(c3)OCO4)n[nH]2)cn1. The highest BCUT2D eigenvalue weighted by atomic mass is 16.7. The summed E-state index contributed by atoms with van der Waals surface area (Å²) in [5, 5.41) is 14.0. The maximum absolute atomic E-state index is 12.3. The van der Waals surface area contributed by atoms with Crippen LogP contribution in [0.5, 0.6) is 11.5 Å². The first-order valence-electron chi connectivity index (χ1n) is 7.98. The van der Waals surface area contributed by atoms with Gasteiger partial charge in [-0.25, -0.2) is 0 Å². The molecule has 3 aromatic rings. The van der Waals surface area contributed by atoms with Gasteiger partial charge in [-0.2, -0.15) is 10.2 Å². The van der Waals surface area contributed by atoms with Gasteiger partial charge in [-0.05, 0) is 31.2 Å². The normalized spacial score (nSPS) is 12.4. The van der Waals surface area contributed by atoms with Crippen LogP contribution in [0.15, 0.2) is 36.7 Å². The second-order valence-corrected chi connectivity index (χ2v) is 5.62. The van der Waals surface area contributed by atoms with Crippen molar-refractivity contribution < 1.29 is 14.3 Å². The van der Waals surface area contributed by atoms with Gasteiger partial charge < -0.3 is 14.8 Å². The van der Waals surface area contributed by atoms with Gasteiger partial charge in [0.05, 0.1) is 11.9 Å². The molecule has 0 saturated heterocycles. The van der Waals surface area contributed by atoms with E-state index in [1.165, 1.54) is 0 Å². The number of rotatable bonds is 5. The average molecular weight is 339 g/mol. The molecule has 8 heteroatoms. The van der Waals surface area contributed by atoms with Gasteiger partial charge in [0.1, 0.15) is 5.69 Å². The number of aromatic amines is 1. The molecule has 128 valence electrons. The van der Waals surface area contributed by atoms with Crippen molar-refractivity contribution >= 4 is 5.91 Å². The summed E-state index contributed by atoms with van der Waals surface area (Å²) in [6.07, 6.45) is 3.65. The Labute approximate surface area is 143 Å². The van der Waals surface area contributed by atoms with Crippen molar-refractivity contribution in [2.24, 2.45) is 0 Å². The molecule has 0 radical (unpaired) electrons. The lowest BCUT2D eigenvalue weighted by molar-refractivity contribution is 0.0946. The first kappa shape index (κ1) is 15.3. The molecule has 1 aliphatic rings. The van der Waals surface area contributed by atoms with Crippen molar-refractivity contribution in [3.63, 3.8) is 0 Å². The van der Waals surface area contributed by atoms with E-state index in [0.29, 0.717) is 29.4 Å². The van der Waals surface area contributed by atoms with Crippen LogP contribution in [0, 0.1) is 0 Å². The summed E-state index contributed by atoms with van der Waals surface area (Å²) in [5.74, 6) is 1.17. The van der Waals surface area contributed by atoms with E-state index in [9.17, 15) is 4.79 Å². The zero-order chi connectivity index (χ0) is 17.2. The van der Waals surface area contributed by atoms with Gasteiger partial charge in [0.25, 0.3) is 5.91 Å². The zero-order valence-electron chi connectivity index (χ0n) is 13.7. The third kappa shape index (κ3) is 3.06. The molecular weight excluding hydrogens is 322 g/mol. The number of carbonyl (C=O) groups excluding carboxylic acids is 1. The lowest BCUT2D eigenvalue weighted by Gasteiger charge is -2.00. The molecule has 1 aliphatic heterocycles. The van der Waals surface area contributed by atoms with Crippen LogP contribution in [-0.4, -0.2) is 32.7 Å². The van der Waals surface area contributed by atoms with E-state index in [1.54, 1.807) is 12.3 Å². The number of amides is 1. The monoisotopic (exact) mass is 339 g/mol. The van der Waals surface area contributed by atoms with E-state index < -0.39 is 0 Å². The largest absolute Gasteiger partial charge is 0.454 e. The molecule has 0 unspecified atom stereocenters. The molecule has 0 saturated carbocycles. The smallest absolute Gasteiger partial charge is 0.269 e. The van der Waals surface area contributed by atoms with Gasteiger partial charge in [-0.1, -0.05) is 0 Å². The van der Waals surface area contributed by atoms with Gasteiger partial charge in [0, 0.05) is 30.4 Å². The molecule has 0 fully saturated rings. The van der Waals surface area contributed by atoms with E-state index in [4.69, 9.17) is 9.47 Å². The quantitative estimate of drug-likeness (QED) is 0.741. The van der Waals surface area contributed by atoms with Crippen LogP contribution in [0.3, 0.4) is 0 Å². The lowest BCUT2D eigenvalue weighted by Crippen LogP contribution is -2.22. The molecule has 2 aromatic heterocycles. The predicted octanol–water partition coefficient (Wildman–Crippen LogP) is 1.95. The molecule has 0 bridgehead atoms. The van der Waals surface area contributed by atoms with Gasteiger partial charge in [-0.15, -0.1) is 0 Å². The minimum atomic E-state index is -0.219. The van der Waals surface area contributed by atoms with E-state index in [1.807, 2.05) is 36.0 Å². The number of H-pyrrole nitrogens is 1. The van der Waals surface area contributed by atoms with Crippen molar-refractivity contribution in [1.29, 1.82) is 0 Å². The summed E-state index contributed by atoms with van der Waals surface area (Å²) in [6.45, 7) is 3.45. The highest BCUT2D eigenvalue weighted by Gasteiger charge is 2.16. The minimum Gasteiger partial charge on any atom is -0.454 e. The standard InChI is InChI=1S/C17H17N5O3/c1-2-22-9-11(8-19-22)7-18-17(23)14-6-13(20-21-14)12-3-4-15-16(5-12)25-10-24-15/h3-6,8-9H,2,7,10H2,1H3,(H,18,23)(H,20,21). The van der Waals surface area contributed by atoms with E-state index in [-0.39, 0.29) is 12.7 Å². The number of nitrogens with zero attached hydrogens (tertiary/aromatic N) is 3. The minimum absolute atomic E-state index is 0.219. The summed E-state index contributed by atoms with van der Waals surface area (Å²) in [4.78, 5) is 12.3. The highest BCUT2D eigenvalue weighted by Crippen LogP contribution is 2.35. The number of carbonyl (C=O) groups is 1. The first-order chi connectivity index (χ1) is 12.2. The van der Waals surface area contributed by atoms with Crippen molar-refractivity contribution in [2.45, 2.75) is 20.0 Å². The summed E-state index contributed by atoms with van der Waals surface area (Å²) < 4.78 is 12.5. The Morgan fingerprint density at radius 1 is 1.32 bits per heavy atom. The Bertz CT molecular complexity index is 915. The van der Waals surface area contributed by atoms with Gasteiger partial charge in [0.2, 0.25) is 6.79 Å². The fraction of sp³-hybridized carbons (Fsp3) is 0.235. The van der Waals surface area contributed by atoms with Gasteiger partial charge in [-0.3, -0.25) is 14.6 Å². The predicted molar refractivity (Wildman–Crippen MR) is 89.2 cm³/mol. The second kappa shape index (κ2) is 6.31. The molecule has 2 N–H and O–H groups in total. The van der Waals surface area contributed by atoms with Crippen LogP contribution >= 0.6 is 0 Å². The fourth-order valence-corrected chi connectivity index (χ4v) is 2.59. The van der Waals surface area contributed by atoms with Crippen LogP contribution in [0.4, 0.5) is 0 Å². The maximum Gasteiger partial charge on any atom is 0.269 e. The number of nitrogens with one attached hydrogen (secondary N) is 2. The van der Waals surface area contributed by atoms with E-state index >= 15 is 0 Å². The Morgan fingerprint density at radius 2 is 2.20 bits per heavy atom. The van der Waals surface area contributed by atoms with Crippen molar-refractivity contribution in [3.05, 3.63) is 47.9 Å². The van der Waals surface area contributed by atoms with Crippen molar-refractivity contribution in [3.8, 4) is 22.8 Å². The van der Waals surface area contributed by atoms with Crippen LogP contribution in [-0.2, 0) is 13.1 Å². The Morgan fingerprint density at radius 3 is 3.04 bits per heavy atom. The van der Waals surface area contributed by atoms with E-state index in [2.05, 4.69) is 20.6 Å². The van der Waals surface area contributed by atoms with Crippen molar-refractivity contribution in [1.82, 2.24) is 25.3 Å². The molecule has 4 rings (SSSR count). The second-order valence-electron chi connectivity index (χ2n) is 5.62. The molecule has 3 heterocycles. The van der Waals surface area contributed by atoms with Gasteiger partial charge in [0.15, 0.2) is 11.5 Å². The molecule has 1 amide bonds. The van der Waals surface area contributed by atoms with Crippen LogP contribution in [0.1, 0.15) is 23.0 Å². The number of ether oxygens (including phenoxy) is 2. The molecule has 0 spiro atoms. The number of aryl methyl sites for hydroxylation is 1. The molecule has 0 atom stereocenters. The number of hydrogen-bond donors (Lipinski definition) is 2. The number of benzene rings is 1. The molecule has 8 nitrogen and oxygen atoms in total. The number of fused-ring (bicyclic) bond motifs is 1. The van der Waals surface area contributed by atoms with Crippen LogP contribution in [0.2, 0.25) is 0 Å².